The molecule has 0 fully saturated rings. The van der Waals surface area contributed by atoms with E-state index < -0.39 is 0 Å². The molecule has 3 heteroatoms. The maximum absolute atomic E-state index is 5.66. The average molecular weight is 263 g/mol. The van der Waals surface area contributed by atoms with E-state index in [1.54, 1.807) is 11.9 Å². The van der Waals surface area contributed by atoms with Crippen LogP contribution in [0.2, 0.25) is 0 Å². The van der Waals surface area contributed by atoms with Gasteiger partial charge < -0.3 is 4.74 Å². The third-order valence-corrected chi connectivity index (χ3v) is 3.44. The van der Waals surface area contributed by atoms with Crippen LogP contribution in [0, 0.1) is 0 Å². The van der Waals surface area contributed by atoms with Gasteiger partial charge in [-0.2, -0.15) is 0 Å². The number of hydrogen-bond acceptors (Lipinski definition) is 3. The summed E-state index contributed by atoms with van der Waals surface area (Å²) in [7, 11) is 0. The standard InChI is InChI=1S/C15H21NOS/c1-12(2)13(3)11-18-16-14(4)10-17-15-8-6-5-7-9-15/h5-9,14,16H,1,3,10-11H2,2,4H3. The summed E-state index contributed by atoms with van der Waals surface area (Å²) < 4.78 is 8.99. The normalized spacial score (nSPS) is 11.9. The molecule has 1 aromatic rings. The molecule has 1 atom stereocenters. The predicted octanol–water partition coefficient (Wildman–Crippen LogP) is 3.82. The fourth-order valence-electron chi connectivity index (χ4n) is 1.17. The van der Waals surface area contributed by atoms with Gasteiger partial charge in [0, 0.05) is 11.8 Å². The van der Waals surface area contributed by atoms with Crippen molar-refractivity contribution in [2.24, 2.45) is 0 Å². The second kappa shape index (κ2) is 8.01. The van der Waals surface area contributed by atoms with E-state index in [1.807, 2.05) is 37.3 Å². The molecule has 2 nitrogen and oxygen atoms in total. The Hall–Kier alpha value is -1.19. The summed E-state index contributed by atoms with van der Waals surface area (Å²) in [6, 6.07) is 10.1. The summed E-state index contributed by atoms with van der Waals surface area (Å²) >= 11 is 1.64. The van der Waals surface area contributed by atoms with Crippen LogP contribution in [0.3, 0.4) is 0 Å². The predicted molar refractivity (Wildman–Crippen MR) is 80.9 cm³/mol. The van der Waals surface area contributed by atoms with Crippen LogP contribution in [-0.2, 0) is 0 Å². The lowest BCUT2D eigenvalue weighted by atomic mass is 10.2. The molecule has 0 spiro atoms. The Bertz CT molecular complexity index is 389. The summed E-state index contributed by atoms with van der Waals surface area (Å²) in [5.41, 5.74) is 2.11. The molecule has 0 amide bonds. The molecule has 1 N–H and O–H groups in total. The van der Waals surface area contributed by atoms with E-state index in [1.165, 1.54) is 0 Å². The molecule has 0 aliphatic heterocycles. The van der Waals surface area contributed by atoms with E-state index >= 15 is 0 Å². The maximum Gasteiger partial charge on any atom is 0.119 e. The Morgan fingerprint density at radius 3 is 2.61 bits per heavy atom. The minimum absolute atomic E-state index is 0.285. The molecule has 0 aliphatic rings. The zero-order valence-corrected chi connectivity index (χ0v) is 11.9. The van der Waals surface area contributed by atoms with Gasteiger partial charge in [0.15, 0.2) is 0 Å². The first-order valence-corrected chi connectivity index (χ1v) is 6.97. The van der Waals surface area contributed by atoms with Gasteiger partial charge in [-0.3, -0.25) is 4.72 Å². The van der Waals surface area contributed by atoms with Crippen LogP contribution in [0.4, 0.5) is 0 Å². The summed E-state index contributed by atoms with van der Waals surface area (Å²) in [5, 5.41) is 0. The van der Waals surface area contributed by atoms with Crippen molar-refractivity contribution >= 4 is 11.9 Å². The van der Waals surface area contributed by atoms with E-state index in [2.05, 4.69) is 24.8 Å². The third-order valence-electron chi connectivity index (χ3n) is 2.38. The summed E-state index contributed by atoms with van der Waals surface area (Å²) in [4.78, 5) is 0. The molecule has 1 unspecified atom stereocenters. The minimum atomic E-state index is 0.285. The summed E-state index contributed by atoms with van der Waals surface area (Å²) in [6.45, 7) is 12.5. The number of allylic oxidation sites excluding steroid dienone is 1. The fraction of sp³-hybridized carbons (Fsp3) is 0.333. The van der Waals surface area contributed by atoms with Crippen molar-refractivity contribution in [3.63, 3.8) is 0 Å². The topological polar surface area (TPSA) is 21.3 Å². The largest absolute Gasteiger partial charge is 0.492 e. The van der Waals surface area contributed by atoms with Crippen LogP contribution in [0.25, 0.3) is 0 Å². The lowest BCUT2D eigenvalue weighted by Crippen LogP contribution is -2.27. The molecule has 0 heterocycles. The molecular weight excluding hydrogens is 242 g/mol. The molecular formula is C15H21NOS. The van der Waals surface area contributed by atoms with Gasteiger partial charge >= 0.3 is 0 Å². The zero-order chi connectivity index (χ0) is 13.4. The van der Waals surface area contributed by atoms with E-state index in [-0.39, 0.29) is 6.04 Å². The molecule has 1 aromatic carbocycles. The molecule has 18 heavy (non-hydrogen) atoms. The van der Waals surface area contributed by atoms with E-state index in [0.717, 1.165) is 22.6 Å². The van der Waals surface area contributed by atoms with Crippen LogP contribution >= 0.6 is 11.9 Å². The quantitative estimate of drug-likeness (QED) is 0.569. The van der Waals surface area contributed by atoms with Gasteiger partial charge in [-0.15, -0.1) is 0 Å². The van der Waals surface area contributed by atoms with Crippen LogP contribution in [0.15, 0.2) is 54.6 Å². The Kier molecular flexibility index (Phi) is 6.61. The Labute approximate surface area is 114 Å². The van der Waals surface area contributed by atoms with Crippen molar-refractivity contribution in [3.8, 4) is 5.75 Å². The molecule has 0 saturated heterocycles. The Balaban J connectivity index is 2.16. The van der Waals surface area contributed by atoms with Gasteiger partial charge in [0.1, 0.15) is 12.4 Å². The first kappa shape index (κ1) is 14.9. The summed E-state index contributed by atoms with van der Waals surface area (Å²) in [6.07, 6.45) is 0. The van der Waals surface area contributed by atoms with Crippen molar-refractivity contribution in [1.82, 2.24) is 4.72 Å². The number of para-hydroxylation sites is 1. The van der Waals surface area contributed by atoms with Crippen molar-refractivity contribution < 1.29 is 4.74 Å². The van der Waals surface area contributed by atoms with Crippen molar-refractivity contribution in [2.45, 2.75) is 19.9 Å². The first-order chi connectivity index (χ1) is 8.59. The number of benzene rings is 1. The smallest absolute Gasteiger partial charge is 0.119 e. The van der Waals surface area contributed by atoms with Gasteiger partial charge in [0.25, 0.3) is 0 Å². The second-order valence-electron chi connectivity index (χ2n) is 4.32. The second-order valence-corrected chi connectivity index (χ2v) is 5.13. The highest BCUT2D eigenvalue weighted by molar-refractivity contribution is 7.97. The lowest BCUT2D eigenvalue weighted by Gasteiger charge is -2.14. The molecule has 0 bridgehead atoms. The highest BCUT2D eigenvalue weighted by atomic mass is 32.2. The average Bonchev–Trinajstić information content (AvgIpc) is 2.37. The highest BCUT2D eigenvalue weighted by Crippen LogP contribution is 2.12. The first-order valence-electron chi connectivity index (χ1n) is 5.98. The number of nitrogens with one attached hydrogen (secondary N) is 1. The van der Waals surface area contributed by atoms with E-state index in [0.29, 0.717) is 6.61 Å². The molecule has 0 saturated carbocycles. The van der Waals surface area contributed by atoms with Crippen LogP contribution in [0.1, 0.15) is 13.8 Å². The van der Waals surface area contributed by atoms with Crippen molar-refractivity contribution in [3.05, 3.63) is 54.6 Å². The molecule has 1 rings (SSSR count). The SMILES string of the molecule is C=C(C)C(=C)CSNC(C)COc1ccccc1. The van der Waals surface area contributed by atoms with E-state index in [4.69, 9.17) is 4.74 Å². The number of rotatable bonds is 8. The monoisotopic (exact) mass is 263 g/mol. The van der Waals surface area contributed by atoms with Crippen LogP contribution < -0.4 is 9.46 Å². The minimum Gasteiger partial charge on any atom is -0.492 e. The maximum atomic E-state index is 5.66. The van der Waals surface area contributed by atoms with Crippen molar-refractivity contribution in [1.29, 1.82) is 0 Å². The summed E-state index contributed by atoms with van der Waals surface area (Å²) in [5.74, 6) is 1.76. The number of ether oxygens (including phenoxy) is 1. The fourth-order valence-corrected chi connectivity index (χ4v) is 2.02. The highest BCUT2D eigenvalue weighted by Gasteiger charge is 2.03. The zero-order valence-electron chi connectivity index (χ0n) is 11.1. The third kappa shape index (κ3) is 5.94. The molecule has 98 valence electrons. The van der Waals surface area contributed by atoms with Gasteiger partial charge in [-0.05, 0) is 31.6 Å². The van der Waals surface area contributed by atoms with E-state index in [9.17, 15) is 0 Å². The Morgan fingerprint density at radius 1 is 1.33 bits per heavy atom. The van der Waals surface area contributed by atoms with Crippen LogP contribution in [-0.4, -0.2) is 18.4 Å². The van der Waals surface area contributed by atoms with Crippen molar-refractivity contribution in [2.75, 3.05) is 12.4 Å². The van der Waals surface area contributed by atoms with Crippen LogP contribution in [0.5, 0.6) is 5.75 Å². The molecule has 0 radical (unpaired) electrons. The molecule has 0 aliphatic carbocycles. The van der Waals surface area contributed by atoms with Gasteiger partial charge in [0.05, 0.1) is 0 Å². The lowest BCUT2D eigenvalue weighted by molar-refractivity contribution is 0.290. The van der Waals surface area contributed by atoms with Gasteiger partial charge in [-0.1, -0.05) is 48.9 Å². The van der Waals surface area contributed by atoms with Gasteiger partial charge in [0.2, 0.25) is 0 Å². The Morgan fingerprint density at radius 2 is 2.00 bits per heavy atom. The molecule has 0 aromatic heterocycles. The number of hydrogen-bond donors (Lipinski definition) is 1. The van der Waals surface area contributed by atoms with Gasteiger partial charge in [-0.25, -0.2) is 0 Å².